The van der Waals surface area contributed by atoms with Crippen LogP contribution in [0.25, 0.3) is 11.2 Å². The Morgan fingerprint density at radius 3 is 2.60 bits per heavy atom. The Morgan fingerprint density at radius 1 is 1.11 bits per heavy atom. The minimum atomic E-state index is -0.723. The molecule has 9 nitrogen and oxygen atoms in total. The van der Waals surface area contributed by atoms with Crippen LogP contribution in [0.1, 0.15) is 67.1 Å². The van der Waals surface area contributed by atoms with Crippen LogP contribution in [-0.2, 0) is 16.1 Å². The summed E-state index contributed by atoms with van der Waals surface area (Å²) in [6.07, 6.45) is 6.14. The molecular formula is C26H32N6O3. The van der Waals surface area contributed by atoms with Crippen molar-refractivity contribution in [3.63, 3.8) is 0 Å². The average molecular weight is 477 g/mol. The summed E-state index contributed by atoms with van der Waals surface area (Å²) < 4.78 is 0. The van der Waals surface area contributed by atoms with Gasteiger partial charge in [-0.15, -0.1) is 0 Å². The smallest absolute Gasteiger partial charge is 0.255 e. The molecule has 0 radical (unpaired) electrons. The highest BCUT2D eigenvalue weighted by molar-refractivity contribution is 6.05. The molecule has 1 aliphatic rings. The molecule has 0 saturated heterocycles. The summed E-state index contributed by atoms with van der Waals surface area (Å²) in [5.74, 6) is -0.235. The second kappa shape index (κ2) is 11.1. The van der Waals surface area contributed by atoms with E-state index in [1.807, 2.05) is 44.2 Å². The third-order valence-electron chi connectivity index (χ3n) is 5.95. The number of aromatic nitrogens is 3. The van der Waals surface area contributed by atoms with Gasteiger partial charge in [0.05, 0.1) is 17.5 Å². The first-order valence-corrected chi connectivity index (χ1v) is 12.1. The van der Waals surface area contributed by atoms with Crippen LogP contribution in [0.4, 0.5) is 0 Å². The second-order valence-electron chi connectivity index (χ2n) is 9.43. The van der Waals surface area contributed by atoms with Crippen LogP contribution in [0.5, 0.6) is 0 Å². The van der Waals surface area contributed by atoms with Gasteiger partial charge in [0, 0.05) is 31.6 Å². The van der Waals surface area contributed by atoms with E-state index in [0.717, 1.165) is 24.1 Å². The highest BCUT2D eigenvalue weighted by Gasteiger charge is 2.28. The number of H-pyrrole nitrogens is 1. The molecule has 0 unspecified atom stereocenters. The number of rotatable bonds is 11. The summed E-state index contributed by atoms with van der Waals surface area (Å²) in [5, 5.41) is 8.48. The molecule has 9 heteroatoms. The molecule has 1 fully saturated rings. The van der Waals surface area contributed by atoms with Crippen molar-refractivity contribution in [1.29, 1.82) is 0 Å². The summed E-state index contributed by atoms with van der Waals surface area (Å²) in [4.78, 5) is 50.1. The SMILES string of the molecule is CC(C)C[C@@H](NC(=O)c1c[nH]c2ncc(C3CC3)nc12)C(=O)NCCC(=O)NCc1ccccc1. The lowest BCUT2D eigenvalue weighted by Gasteiger charge is -2.20. The quantitative estimate of drug-likeness (QED) is 0.338. The van der Waals surface area contributed by atoms with Crippen molar-refractivity contribution < 1.29 is 14.4 Å². The molecule has 4 N–H and O–H groups in total. The van der Waals surface area contributed by atoms with E-state index in [0.29, 0.717) is 35.6 Å². The first kappa shape index (κ1) is 24.4. The molecule has 0 aliphatic heterocycles. The van der Waals surface area contributed by atoms with Crippen molar-refractivity contribution in [3.8, 4) is 0 Å². The van der Waals surface area contributed by atoms with E-state index >= 15 is 0 Å². The molecule has 1 aromatic carbocycles. The minimum absolute atomic E-state index is 0.151. The van der Waals surface area contributed by atoms with Gasteiger partial charge in [-0.3, -0.25) is 14.4 Å². The van der Waals surface area contributed by atoms with E-state index < -0.39 is 6.04 Å². The predicted molar refractivity (Wildman–Crippen MR) is 132 cm³/mol. The highest BCUT2D eigenvalue weighted by atomic mass is 16.2. The van der Waals surface area contributed by atoms with Gasteiger partial charge in [0.25, 0.3) is 5.91 Å². The number of nitrogens with one attached hydrogen (secondary N) is 4. The number of carbonyl (C=O) groups is 3. The number of hydrogen-bond donors (Lipinski definition) is 4. The minimum Gasteiger partial charge on any atom is -0.354 e. The average Bonchev–Trinajstić information content (AvgIpc) is 3.61. The van der Waals surface area contributed by atoms with Crippen LogP contribution in [0.2, 0.25) is 0 Å². The lowest BCUT2D eigenvalue weighted by molar-refractivity contribution is -0.124. The van der Waals surface area contributed by atoms with Crippen molar-refractivity contribution in [2.75, 3.05) is 6.54 Å². The van der Waals surface area contributed by atoms with Crippen LogP contribution < -0.4 is 16.0 Å². The summed E-state index contributed by atoms with van der Waals surface area (Å²) in [6, 6.07) is 8.91. The number of aromatic amines is 1. The molecule has 2 heterocycles. The molecule has 3 aromatic rings. The Morgan fingerprint density at radius 2 is 1.89 bits per heavy atom. The van der Waals surface area contributed by atoms with E-state index in [9.17, 15) is 14.4 Å². The standard InChI is InChI=1S/C26H32N6O3/c1-16(2)12-20(26(35)27-11-10-22(33)28-13-17-6-4-3-5-7-17)32-25(34)19-14-29-24-23(19)31-21(15-30-24)18-8-9-18/h3-7,14-16,18,20H,8-13H2,1-2H3,(H,27,35)(H,28,33)(H,29,30)(H,32,34)/t20-/m1/s1. The summed E-state index contributed by atoms with van der Waals surface area (Å²) in [7, 11) is 0. The maximum Gasteiger partial charge on any atom is 0.255 e. The van der Waals surface area contributed by atoms with Crippen LogP contribution in [0.15, 0.2) is 42.7 Å². The van der Waals surface area contributed by atoms with E-state index in [1.165, 1.54) is 0 Å². The zero-order valence-electron chi connectivity index (χ0n) is 20.1. The molecule has 1 aliphatic carbocycles. The molecule has 35 heavy (non-hydrogen) atoms. The van der Waals surface area contributed by atoms with Gasteiger partial charge in [-0.05, 0) is 30.7 Å². The van der Waals surface area contributed by atoms with Gasteiger partial charge >= 0.3 is 0 Å². The Kier molecular flexibility index (Phi) is 7.74. The molecule has 4 rings (SSSR count). The molecule has 0 spiro atoms. The fraction of sp³-hybridized carbons (Fsp3) is 0.423. The summed E-state index contributed by atoms with van der Waals surface area (Å²) in [6.45, 7) is 4.61. The van der Waals surface area contributed by atoms with E-state index in [2.05, 4.69) is 30.9 Å². The molecule has 1 atom stereocenters. The molecule has 184 valence electrons. The van der Waals surface area contributed by atoms with Gasteiger partial charge in [-0.1, -0.05) is 44.2 Å². The number of benzene rings is 1. The fourth-order valence-electron chi connectivity index (χ4n) is 3.90. The topological polar surface area (TPSA) is 129 Å². The lowest BCUT2D eigenvalue weighted by Crippen LogP contribution is -2.48. The summed E-state index contributed by atoms with van der Waals surface area (Å²) in [5.41, 5.74) is 3.34. The maximum absolute atomic E-state index is 13.1. The Balaban J connectivity index is 1.32. The predicted octanol–water partition coefficient (Wildman–Crippen LogP) is 2.80. The van der Waals surface area contributed by atoms with Crippen LogP contribution in [0.3, 0.4) is 0 Å². The van der Waals surface area contributed by atoms with E-state index in [-0.39, 0.29) is 36.6 Å². The maximum atomic E-state index is 13.1. The van der Waals surface area contributed by atoms with E-state index in [1.54, 1.807) is 12.4 Å². The zero-order chi connectivity index (χ0) is 24.8. The Hall–Kier alpha value is -3.75. The third kappa shape index (κ3) is 6.65. The number of fused-ring (bicyclic) bond motifs is 1. The number of amides is 3. The number of carbonyl (C=O) groups excluding carboxylic acids is 3. The van der Waals surface area contributed by atoms with E-state index in [4.69, 9.17) is 0 Å². The van der Waals surface area contributed by atoms with Crippen LogP contribution in [0, 0.1) is 5.92 Å². The molecule has 3 amide bonds. The van der Waals surface area contributed by atoms with Crippen molar-refractivity contribution in [3.05, 3.63) is 59.5 Å². The lowest BCUT2D eigenvalue weighted by atomic mass is 10.0. The zero-order valence-corrected chi connectivity index (χ0v) is 20.1. The largest absolute Gasteiger partial charge is 0.354 e. The molecular weight excluding hydrogens is 444 g/mol. The van der Waals surface area contributed by atoms with Gasteiger partial charge in [-0.25, -0.2) is 9.97 Å². The molecule has 2 aromatic heterocycles. The van der Waals surface area contributed by atoms with Gasteiger partial charge in [-0.2, -0.15) is 0 Å². The highest BCUT2D eigenvalue weighted by Crippen LogP contribution is 2.39. The fourth-order valence-corrected chi connectivity index (χ4v) is 3.90. The normalized spacial score (nSPS) is 14.0. The Bertz CT molecular complexity index is 1190. The monoisotopic (exact) mass is 476 g/mol. The van der Waals surface area contributed by atoms with Crippen molar-refractivity contribution in [1.82, 2.24) is 30.9 Å². The van der Waals surface area contributed by atoms with Crippen molar-refractivity contribution in [2.45, 2.75) is 58.0 Å². The van der Waals surface area contributed by atoms with Crippen LogP contribution >= 0.6 is 0 Å². The first-order chi connectivity index (χ1) is 16.9. The van der Waals surface area contributed by atoms with Crippen LogP contribution in [-0.4, -0.2) is 45.3 Å². The number of nitrogens with zero attached hydrogens (tertiary/aromatic N) is 2. The van der Waals surface area contributed by atoms with Gasteiger partial charge in [0.1, 0.15) is 11.6 Å². The Labute approximate surface area is 204 Å². The summed E-state index contributed by atoms with van der Waals surface area (Å²) >= 11 is 0. The second-order valence-corrected chi connectivity index (χ2v) is 9.43. The molecule has 0 bridgehead atoms. The van der Waals surface area contributed by atoms with Crippen molar-refractivity contribution in [2.24, 2.45) is 5.92 Å². The number of hydrogen-bond acceptors (Lipinski definition) is 5. The molecule has 1 saturated carbocycles. The first-order valence-electron chi connectivity index (χ1n) is 12.1. The van der Waals surface area contributed by atoms with Gasteiger partial charge in [0.2, 0.25) is 11.8 Å². The van der Waals surface area contributed by atoms with Crippen molar-refractivity contribution >= 4 is 28.9 Å². The third-order valence-corrected chi connectivity index (χ3v) is 5.95. The van der Waals surface area contributed by atoms with Gasteiger partial charge < -0.3 is 20.9 Å². The van der Waals surface area contributed by atoms with Gasteiger partial charge in [0.15, 0.2) is 5.65 Å².